The van der Waals surface area contributed by atoms with Crippen LogP contribution < -0.4 is 5.32 Å². The Labute approximate surface area is 89.1 Å². The van der Waals surface area contributed by atoms with E-state index in [1.165, 1.54) is 45.3 Å². The smallest absolute Gasteiger partial charge is 0.0218 e. The maximum atomic E-state index is 3.62. The van der Waals surface area contributed by atoms with Gasteiger partial charge >= 0.3 is 0 Å². The first kappa shape index (κ1) is 12.0. The van der Waals surface area contributed by atoms with Crippen molar-refractivity contribution in [3.63, 3.8) is 0 Å². The van der Waals surface area contributed by atoms with Crippen molar-refractivity contribution >= 4 is 0 Å². The lowest BCUT2D eigenvalue weighted by atomic mass is 10.1. The molecule has 0 bridgehead atoms. The van der Waals surface area contributed by atoms with Crippen LogP contribution in [0.15, 0.2) is 0 Å². The lowest BCUT2D eigenvalue weighted by Crippen LogP contribution is -2.42. The van der Waals surface area contributed by atoms with Crippen LogP contribution in [0.4, 0.5) is 0 Å². The molecule has 0 spiro atoms. The summed E-state index contributed by atoms with van der Waals surface area (Å²) in [6.45, 7) is 10.6. The van der Waals surface area contributed by atoms with E-state index in [0.717, 1.165) is 6.04 Å². The van der Waals surface area contributed by atoms with Crippen molar-refractivity contribution in [2.24, 2.45) is 0 Å². The standard InChI is InChI=1S/C12H26N2/c1-4-11(3)13-10-12(5-2)14-8-6-7-9-14/h11-13H,4-10H2,1-3H3. The Morgan fingerprint density at radius 1 is 1.14 bits per heavy atom. The average molecular weight is 198 g/mol. The van der Waals surface area contributed by atoms with Crippen LogP contribution in [0.3, 0.4) is 0 Å². The molecule has 0 aliphatic carbocycles. The maximum Gasteiger partial charge on any atom is 0.0218 e. The maximum absolute atomic E-state index is 3.62. The summed E-state index contributed by atoms with van der Waals surface area (Å²) in [5, 5.41) is 3.62. The molecular weight excluding hydrogens is 172 g/mol. The highest BCUT2D eigenvalue weighted by molar-refractivity contribution is 4.77. The van der Waals surface area contributed by atoms with E-state index >= 15 is 0 Å². The van der Waals surface area contributed by atoms with Gasteiger partial charge in [0, 0.05) is 18.6 Å². The molecule has 2 unspecified atom stereocenters. The fourth-order valence-electron chi connectivity index (χ4n) is 2.12. The third kappa shape index (κ3) is 3.58. The van der Waals surface area contributed by atoms with Gasteiger partial charge in [-0.1, -0.05) is 13.8 Å². The van der Waals surface area contributed by atoms with E-state index in [2.05, 4.69) is 31.0 Å². The zero-order valence-electron chi connectivity index (χ0n) is 10.1. The lowest BCUT2D eigenvalue weighted by Gasteiger charge is -2.28. The van der Waals surface area contributed by atoms with Gasteiger partial charge in [-0.05, 0) is 45.7 Å². The van der Waals surface area contributed by atoms with Gasteiger partial charge in [-0.15, -0.1) is 0 Å². The van der Waals surface area contributed by atoms with Crippen LogP contribution >= 0.6 is 0 Å². The number of nitrogens with one attached hydrogen (secondary N) is 1. The van der Waals surface area contributed by atoms with Gasteiger partial charge in [-0.25, -0.2) is 0 Å². The minimum Gasteiger partial charge on any atom is -0.313 e. The summed E-state index contributed by atoms with van der Waals surface area (Å²) in [6, 6.07) is 1.44. The van der Waals surface area contributed by atoms with Gasteiger partial charge in [0.15, 0.2) is 0 Å². The van der Waals surface area contributed by atoms with Crippen molar-refractivity contribution in [2.45, 2.75) is 58.5 Å². The topological polar surface area (TPSA) is 15.3 Å². The molecule has 1 N–H and O–H groups in total. The normalized spacial score (nSPS) is 22.5. The summed E-state index contributed by atoms with van der Waals surface area (Å²) >= 11 is 0. The lowest BCUT2D eigenvalue weighted by molar-refractivity contribution is 0.224. The van der Waals surface area contributed by atoms with Crippen LogP contribution in [0.2, 0.25) is 0 Å². The molecule has 0 aromatic heterocycles. The van der Waals surface area contributed by atoms with Crippen LogP contribution in [0.1, 0.15) is 46.5 Å². The average Bonchev–Trinajstić information content (AvgIpc) is 2.72. The highest BCUT2D eigenvalue weighted by Crippen LogP contribution is 2.13. The van der Waals surface area contributed by atoms with Crippen LogP contribution in [-0.2, 0) is 0 Å². The monoisotopic (exact) mass is 198 g/mol. The summed E-state index contributed by atoms with van der Waals surface area (Å²) in [5.74, 6) is 0. The second kappa shape index (κ2) is 6.41. The summed E-state index contributed by atoms with van der Waals surface area (Å²) in [5.41, 5.74) is 0. The van der Waals surface area contributed by atoms with E-state index in [1.54, 1.807) is 0 Å². The first-order valence-electron chi connectivity index (χ1n) is 6.25. The second-order valence-corrected chi connectivity index (χ2v) is 4.52. The molecule has 1 heterocycles. The Hall–Kier alpha value is -0.0800. The van der Waals surface area contributed by atoms with E-state index in [-0.39, 0.29) is 0 Å². The van der Waals surface area contributed by atoms with E-state index < -0.39 is 0 Å². The van der Waals surface area contributed by atoms with Crippen molar-refractivity contribution in [1.82, 2.24) is 10.2 Å². The minimum atomic E-state index is 0.673. The minimum absolute atomic E-state index is 0.673. The molecule has 1 aliphatic rings. The van der Waals surface area contributed by atoms with Gasteiger partial charge in [0.05, 0.1) is 0 Å². The van der Waals surface area contributed by atoms with Gasteiger partial charge in [0.25, 0.3) is 0 Å². The summed E-state index contributed by atoms with van der Waals surface area (Å²) in [7, 11) is 0. The van der Waals surface area contributed by atoms with Gasteiger partial charge in [-0.2, -0.15) is 0 Å². The van der Waals surface area contributed by atoms with Crippen LogP contribution in [-0.4, -0.2) is 36.6 Å². The molecule has 0 aromatic rings. The zero-order chi connectivity index (χ0) is 10.4. The van der Waals surface area contributed by atoms with Crippen molar-refractivity contribution in [3.8, 4) is 0 Å². The Balaban J connectivity index is 2.23. The van der Waals surface area contributed by atoms with Gasteiger partial charge < -0.3 is 5.32 Å². The summed E-state index contributed by atoms with van der Waals surface area (Å²) in [6.07, 6.45) is 5.32. The first-order chi connectivity index (χ1) is 6.77. The molecule has 2 atom stereocenters. The molecule has 1 saturated heterocycles. The number of likely N-dealkylation sites (tertiary alicyclic amines) is 1. The number of nitrogens with zero attached hydrogens (tertiary/aromatic N) is 1. The predicted octanol–water partition coefficient (Wildman–Crippen LogP) is 2.25. The molecule has 1 fully saturated rings. The SMILES string of the molecule is CCC(C)NCC(CC)N1CCCC1. The number of hydrogen-bond acceptors (Lipinski definition) is 2. The van der Waals surface area contributed by atoms with E-state index in [0.29, 0.717) is 6.04 Å². The largest absolute Gasteiger partial charge is 0.313 e. The number of rotatable bonds is 6. The van der Waals surface area contributed by atoms with Crippen molar-refractivity contribution in [3.05, 3.63) is 0 Å². The number of hydrogen-bond donors (Lipinski definition) is 1. The molecule has 0 aromatic carbocycles. The highest BCUT2D eigenvalue weighted by atomic mass is 15.2. The molecule has 84 valence electrons. The van der Waals surface area contributed by atoms with Crippen LogP contribution in [0.25, 0.3) is 0 Å². The molecular formula is C12H26N2. The molecule has 1 rings (SSSR count). The first-order valence-corrected chi connectivity index (χ1v) is 6.25. The zero-order valence-corrected chi connectivity index (χ0v) is 10.1. The van der Waals surface area contributed by atoms with Gasteiger partial charge in [0.1, 0.15) is 0 Å². The molecule has 14 heavy (non-hydrogen) atoms. The Kier molecular flexibility index (Phi) is 5.49. The quantitative estimate of drug-likeness (QED) is 0.704. The fourth-order valence-corrected chi connectivity index (χ4v) is 2.12. The fraction of sp³-hybridized carbons (Fsp3) is 1.00. The van der Waals surface area contributed by atoms with E-state index in [9.17, 15) is 0 Å². The van der Waals surface area contributed by atoms with Crippen molar-refractivity contribution in [1.29, 1.82) is 0 Å². The Bertz CT molecular complexity index is 141. The third-order valence-electron chi connectivity index (χ3n) is 3.44. The van der Waals surface area contributed by atoms with Crippen LogP contribution in [0.5, 0.6) is 0 Å². The molecule has 0 radical (unpaired) electrons. The van der Waals surface area contributed by atoms with Gasteiger partial charge in [0.2, 0.25) is 0 Å². The molecule has 2 nitrogen and oxygen atoms in total. The van der Waals surface area contributed by atoms with Crippen molar-refractivity contribution < 1.29 is 0 Å². The molecule has 2 heteroatoms. The third-order valence-corrected chi connectivity index (χ3v) is 3.44. The summed E-state index contributed by atoms with van der Waals surface area (Å²) < 4.78 is 0. The van der Waals surface area contributed by atoms with E-state index in [1.807, 2.05) is 0 Å². The second-order valence-electron chi connectivity index (χ2n) is 4.52. The molecule has 0 saturated carbocycles. The Morgan fingerprint density at radius 2 is 1.79 bits per heavy atom. The highest BCUT2D eigenvalue weighted by Gasteiger charge is 2.20. The predicted molar refractivity (Wildman–Crippen MR) is 62.6 cm³/mol. The van der Waals surface area contributed by atoms with Crippen molar-refractivity contribution in [2.75, 3.05) is 19.6 Å². The molecule has 0 amide bonds. The Morgan fingerprint density at radius 3 is 2.29 bits per heavy atom. The van der Waals surface area contributed by atoms with Gasteiger partial charge in [-0.3, -0.25) is 4.90 Å². The summed E-state index contributed by atoms with van der Waals surface area (Å²) in [4.78, 5) is 2.65. The van der Waals surface area contributed by atoms with E-state index in [4.69, 9.17) is 0 Å². The van der Waals surface area contributed by atoms with Crippen LogP contribution in [0, 0.1) is 0 Å². The molecule has 1 aliphatic heterocycles.